The molecule has 17 heavy (non-hydrogen) atoms. The summed E-state index contributed by atoms with van der Waals surface area (Å²) < 4.78 is 31.7. The highest BCUT2D eigenvalue weighted by Crippen LogP contribution is 2.39. The van der Waals surface area contributed by atoms with Crippen molar-refractivity contribution in [3.8, 4) is 0 Å². The molecule has 0 aromatic heterocycles. The Hall–Kier alpha value is -1.00. The van der Waals surface area contributed by atoms with Crippen LogP contribution in [0.25, 0.3) is 0 Å². The second-order valence-corrected chi connectivity index (χ2v) is 4.61. The maximum absolute atomic E-state index is 13.7. The van der Waals surface area contributed by atoms with Crippen molar-refractivity contribution in [2.24, 2.45) is 0 Å². The van der Waals surface area contributed by atoms with Gasteiger partial charge in [-0.1, -0.05) is 6.07 Å². The molecule has 4 heteroatoms. The number of halogens is 2. The third-order valence-corrected chi connectivity index (χ3v) is 3.45. The van der Waals surface area contributed by atoms with Gasteiger partial charge in [-0.2, -0.15) is 0 Å². The van der Waals surface area contributed by atoms with E-state index < -0.39 is 17.2 Å². The van der Waals surface area contributed by atoms with Crippen molar-refractivity contribution in [1.29, 1.82) is 0 Å². The molecule has 0 spiro atoms. The Bertz CT molecular complexity index is 408. The van der Waals surface area contributed by atoms with E-state index in [1.54, 1.807) is 7.11 Å². The predicted octanol–water partition coefficient (Wildman–Crippen LogP) is 2.74. The topological polar surface area (TPSA) is 29.5 Å². The zero-order valence-corrected chi connectivity index (χ0v) is 9.75. The summed E-state index contributed by atoms with van der Waals surface area (Å²) >= 11 is 0. The average molecular weight is 242 g/mol. The number of hydrogen-bond acceptors (Lipinski definition) is 2. The number of aliphatic hydroxyl groups is 1. The van der Waals surface area contributed by atoms with Gasteiger partial charge in [-0.25, -0.2) is 8.78 Å². The zero-order valence-electron chi connectivity index (χ0n) is 9.75. The molecule has 0 saturated heterocycles. The van der Waals surface area contributed by atoms with Crippen LogP contribution in [-0.4, -0.2) is 18.3 Å². The van der Waals surface area contributed by atoms with Crippen LogP contribution in [0.3, 0.4) is 0 Å². The van der Waals surface area contributed by atoms with Gasteiger partial charge >= 0.3 is 0 Å². The molecule has 94 valence electrons. The van der Waals surface area contributed by atoms with Crippen LogP contribution in [-0.2, 0) is 10.3 Å². The van der Waals surface area contributed by atoms with Gasteiger partial charge in [-0.05, 0) is 25.3 Å². The van der Waals surface area contributed by atoms with Gasteiger partial charge in [-0.15, -0.1) is 0 Å². The summed E-state index contributed by atoms with van der Waals surface area (Å²) in [7, 11) is 1.58. The molecule has 1 aromatic carbocycles. The Labute approximate surface area is 99.2 Å². The molecule has 0 bridgehead atoms. The Balaban J connectivity index is 2.30. The molecule has 1 aliphatic carbocycles. The summed E-state index contributed by atoms with van der Waals surface area (Å²) in [5, 5.41) is 10.5. The van der Waals surface area contributed by atoms with E-state index in [4.69, 9.17) is 4.74 Å². The maximum Gasteiger partial charge on any atom is 0.132 e. The predicted molar refractivity (Wildman–Crippen MR) is 59.5 cm³/mol. The summed E-state index contributed by atoms with van der Waals surface area (Å²) in [5.41, 5.74) is -1.07. The van der Waals surface area contributed by atoms with Crippen LogP contribution < -0.4 is 0 Å². The lowest BCUT2D eigenvalue weighted by Gasteiger charge is -2.36. The fourth-order valence-electron chi connectivity index (χ4n) is 2.52. The molecule has 2 rings (SSSR count). The number of benzene rings is 1. The SMILES string of the molecule is COC1CCCC(O)(c2ccc(F)cc2F)C1. The second kappa shape index (κ2) is 4.70. The highest BCUT2D eigenvalue weighted by atomic mass is 19.1. The molecule has 0 aliphatic heterocycles. The van der Waals surface area contributed by atoms with Gasteiger partial charge in [0.2, 0.25) is 0 Å². The molecular formula is C13H16F2O2. The Morgan fingerprint density at radius 1 is 1.41 bits per heavy atom. The van der Waals surface area contributed by atoms with Crippen molar-refractivity contribution in [3.05, 3.63) is 35.4 Å². The van der Waals surface area contributed by atoms with Crippen LogP contribution >= 0.6 is 0 Å². The Kier molecular flexibility index (Phi) is 3.45. The fourth-order valence-corrected chi connectivity index (χ4v) is 2.52. The van der Waals surface area contributed by atoms with Crippen LogP contribution in [0.1, 0.15) is 31.2 Å². The summed E-state index contributed by atoms with van der Waals surface area (Å²) in [4.78, 5) is 0. The number of hydrogen-bond donors (Lipinski definition) is 1. The molecule has 0 radical (unpaired) electrons. The Morgan fingerprint density at radius 2 is 2.18 bits per heavy atom. The van der Waals surface area contributed by atoms with E-state index in [2.05, 4.69) is 0 Å². The van der Waals surface area contributed by atoms with Crippen LogP contribution in [0.2, 0.25) is 0 Å². The van der Waals surface area contributed by atoms with E-state index in [-0.39, 0.29) is 11.7 Å². The van der Waals surface area contributed by atoms with Crippen molar-refractivity contribution < 1.29 is 18.6 Å². The van der Waals surface area contributed by atoms with Gasteiger partial charge in [0.25, 0.3) is 0 Å². The average Bonchev–Trinajstić information content (AvgIpc) is 2.28. The molecule has 0 amide bonds. The third-order valence-electron chi connectivity index (χ3n) is 3.45. The molecule has 1 N–H and O–H groups in total. The standard InChI is InChI=1S/C13H16F2O2/c1-17-10-3-2-6-13(16,8-10)11-5-4-9(14)7-12(11)15/h4-5,7,10,16H,2-3,6,8H2,1H3. The van der Waals surface area contributed by atoms with E-state index in [0.717, 1.165) is 18.9 Å². The van der Waals surface area contributed by atoms with Crippen LogP contribution in [0.15, 0.2) is 18.2 Å². The van der Waals surface area contributed by atoms with Crippen molar-refractivity contribution in [1.82, 2.24) is 0 Å². The summed E-state index contributed by atoms with van der Waals surface area (Å²) in [5.74, 6) is -1.32. The molecule has 1 aromatic rings. The number of rotatable bonds is 2. The molecule has 1 fully saturated rings. The minimum Gasteiger partial charge on any atom is -0.385 e. The smallest absolute Gasteiger partial charge is 0.132 e. The van der Waals surface area contributed by atoms with Crippen molar-refractivity contribution in [2.75, 3.05) is 7.11 Å². The van der Waals surface area contributed by atoms with Crippen molar-refractivity contribution >= 4 is 0 Å². The molecule has 1 saturated carbocycles. The van der Waals surface area contributed by atoms with Gasteiger partial charge in [-0.3, -0.25) is 0 Å². The van der Waals surface area contributed by atoms with E-state index in [9.17, 15) is 13.9 Å². The highest BCUT2D eigenvalue weighted by molar-refractivity contribution is 5.25. The third kappa shape index (κ3) is 2.48. The second-order valence-electron chi connectivity index (χ2n) is 4.61. The number of methoxy groups -OCH3 is 1. The lowest BCUT2D eigenvalue weighted by Crippen LogP contribution is -2.36. The summed E-state index contributed by atoms with van der Waals surface area (Å²) in [6.45, 7) is 0. The van der Waals surface area contributed by atoms with E-state index in [1.165, 1.54) is 12.1 Å². The van der Waals surface area contributed by atoms with Gasteiger partial charge in [0.05, 0.1) is 11.7 Å². The van der Waals surface area contributed by atoms with E-state index in [0.29, 0.717) is 12.8 Å². The van der Waals surface area contributed by atoms with E-state index in [1.807, 2.05) is 0 Å². The summed E-state index contributed by atoms with van der Waals surface area (Å²) in [6, 6.07) is 3.30. The molecular weight excluding hydrogens is 226 g/mol. The molecule has 2 unspecified atom stereocenters. The minimum absolute atomic E-state index is 0.0711. The first-order chi connectivity index (χ1) is 8.05. The first-order valence-corrected chi connectivity index (χ1v) is 5.76. The molecule has 0 heterocycles. The normalized spacial score (nSPS) is 29.3. The van der Waals surface area contributed by atoms with Crippen molar-refractivity contribution in [3.63, 3.8) is 0 Å². The quantitative estimate of drug-likeness (QED) is 0.864. The minimum atomic E-state index is -1.24. The van der Waals surface area contributed by atoms with Gasteiger partial charge < -0.3 is 9.84 Å². The van der Waals surface area contributed by atoms with Gasteiger partial charge in [0.15, 0.2) is 0 Å². The van der Waals surface area contributed by atoms with Gasteiger partial charge in [0.1, 0.15) is 11.6 Å². The monoisotopic (exact) mass is 242 g/mol. The lowest BCUT2D eigenvalue weighted by atomic mass is 9.78. The van der Waals surface area contributed by atoms with Crippen LogP contribution in [0.4, 0.5) is 8.78 Å². The molecule has 1 aliphatic rings. The first-order valence-electron chi connectivity index (χ1n) is 5.76. The van der Waals surface area contributed by atoms with Gasteiger partial charge in [0, 0.05) is 25.2 Å². The molecule has 2 atom stereocenters. The highest BCUT2D eigenvalue weighted by Gasteiger charge is 2.37. The molecule has 2 nitrogen and oxygen atoms in total. The van der Waals surface area contributed by atoms with Crippen LogP contribution in [0, 0.1) is 11.6 Å². The zero-order chi connectivity index (χ0) is 12.5. The lowest BCUT2D eigenvalue weighted by molar-refractivity contribution is -0.0650. The summed E-state index contributed by atoms with van der Waals surface area (Å²) in [6.07, 6.45) is 2.40. The largest absolute Gasteiger partial charge is 0.385 e. The maximum atomic E-state index is 13.7. The Morgan fingerprint density at radius 3 is 2.82 bits per heavy atom. The van der Waals surface area contributed by atoms with Crippen LogP contribution in [0.5, 0.6) is 0 Å². The fraction of sp³-hybridized carbons (Fsp3) is 0.538. The number of ether oxygens (including phenoxy) is 1. The first kappa shape index (κ1) is 12.5. The van der Waals surface area contributed by atoms with E-state index >= 15 is 0 Å². The van der Waals surface area contributed by atoms with Crippen molar-refractivity contribution in [2.45, 2.75) is 37.4 Å².